The van der Waals surface area contributed by atoms with Gasteiger partial charge in [0.15, 0.2) is 0 Å². The van der Waals surface area contributed by atoms with E-state index in [1.54, 1.807) is 11.3 Å². The van der Waals surface area contributed by atoms with Gasteiger partial charge in [0.2, 0.25) is 11.8 Å². The van der Waals surface area contributed by atoms with Crippen molar-refractivity contribution in [1.29, 1.82) is 0 Å². The van der Waals surface area contributed by atoms with E-state index < -0.39 is 0 Å². The molecule has 1 aromatic rings. The van der Waals surface area contributed by atoms with Gasteiger partial charge in [0, 0.05) is 37.6 Å². The Morgan fingerprint density at radius 1 is 0.960 bits per heavy atom. The summed E-state index contributed by atoms with van der Waals surface area (Å²) in [5.41, 5.74) is 0. The van der Waals surface area contributed by atoms with Crippen LogP contribution in [0.2, 0.25) is 0 Å². The van der Waals surface area contributed by atoms with Crippen LogP contribution >= 0.6 is 27.3 Å². The average Bonchev–Trinajstić information content (AvgIpc) is 3.14. The summed E-state index contributed by atoms with van der Waals surface area (Å²) in [4.78, 5) is 32.7. The van der Waals surface area contributed by atoms with Crippen molar-refractivity contribution < 1.29 is 9.59 Å². The van der Waals surface area contributed by atoms with Crippen LogP contribution in [-0.2, 0) is 16.1 Å². The number of thiophene rings is 1. The van der Waals surface area contributed by atoms with Gasteiger partial charge in [0.05, 0.1) is 22.3 Å². The summed E-state index contributed by atoms with van der Waals surface area (Å²) in [7, 11) is 0. The van der Waals surface area contributed by atoms with Gasteiger partial charge in [0.1, 0.15) is 0 Å². The molecule has 0 spiro atoms. The molecular formula is C18H22BrN3O2S. The molecule has 4 rings (SSSR count). The van der Waals surface area contributed by atoms with Gasteiger partial charge in [0.25, 0.3) is 0 Å². The lowest BCUT2D eigenvalue weighted by Gasteiger charge is -2.36. The molecule has 2 atom stereocenters. The highest BCUT2D eigenvalue weighted by molar-refractivity contribution is 9.11. The molecule has 134 valence electrons. The number of hydrogen-bond donors (Lipinski definition) is 0. The highest BCUT2D eigenvalue weighted by Gasteiger charge is 2.47. The highest BCUT2D eigenvalue weighted by Crippen LogP contribution is 2.35. The molecule has 0 bridgehead atoms. The molecule has 7 heteroatoms. The molecule has 1 aliphatic carbocycles. The van der Waals surface area contributed by atoms with Gasteiger partial charge in [-0.05, 0) is 40.9 Å². The minimum atomic E-state index is -0.115. The molecule has 0 aromatic carbocycles. The molecule has 3 heterocycles. The summed E-state index contributed by atoms with van der Waals surface area (Å²) < 4.78 is 1.17. The molecule has 0 radical (unpaired) electrons. The molecule has 2 amide bonds. The Morgan fingerprint density at radius 2 is 1.56 bits per heavy atom. The molecule has 2 fully saturated rings. The second-order valence-electron chi connectivity index (χ2n) is 7.00. The predicted octanol–water partition coefficient (Wildman–Crippen LogP) is 2.54. The number of carbonyl (C=O) groups excluding carboxylic acids is 2. The highest BCUT2D eigenvalue weighted by atomic mass is 79.9. The van der Waals surface area contributed by atoms with E-state index in [1.807, 2.05) is 12.2 Å². The van der Waals surface area contributed by atoms with E-state index >= 15 is 0 Å². The lowest BCUT2D eigenvalue weighted by atomic mass is 9.85. The molecule has 2 aliphatic heterocycles. The van der Waals surface area contributed by atoms with Gasteiger partial charge in [-0.15, -0.1) is 11.3 Å². The Hall–Kier alpha value is -1.02. The van der Waals surface area contributed by atoms with Crippen LogP contribution in [0.3, 0.4) is 0 Å². The van der Waals surface area contributed by atoms with Crippen LogP contribution in [0.5, 0.6) is 0 Å². The Balaban J connectivity index is 1.30. The number of halogens is 1. The van der Waals surface area contributed by atoms with Gasteiger partial charge in [-0.1, -0.05) is 12.2 Å². The van der Waals surface area contributed by atoms with E-state index in [-0.39, 0.29) is 23.7 Å². The van der Waals surface area contributed by atoms with Crippen molar-refractivity contribution in [2.75, 3.05) is 32.8 Å². The van der Waals surface area contributed by atoms with Gasteiger partial charge in [-0.25, -0.2) is 0 Å². The van der Waals surface area contributed by atoms with Crippen molar-refractivity contribution in [3.8, 4) is 0 Å². The minimum Gasteiger partial charge on any atom is -0.296 e. The third-order valence-corrected chi connectivity index (χ3v) is 7.02. The van der Waals surface area contributed by atoms with Crippen LogP contribution in [0.25, 0.3) is 0 Å². The number of piperazine rings is 1. The van der Waals surface area contributed by atoms with E-state index in [0.29, 0.717) is 6.67 Å². The summed E-state index contributed by atoms with van der Waals surface area (Å²) in [6.45, 7) is 5.18. The van der Waals surface area contributed by atoms with Gasteiger partial charge >= 0.3 is 0 Å². The Labute approximate surface area is 160 Å². The van der Waals surface area contributed by atoms with Crippen molar-refractivity contribution in [3.63, 3.8) is 0 Å². The maximum absolute atomic E-state index is 12.6. The first-order chi connectivity index (χ1) is 12.1. The molecule has 0 N–H and O–H groups in total. The first-order valence-electron chi connectivity index (χ1n) is 8.81. The van der Waals surface area contributed by atoms with Crippen molar-refractivity contribution in [2.45, 2.75) is 19.4 Å². The van der Waals surface area contributed by atoms with Gasteiger partial charge < -0.3 is 0 Å². The zero-order chi connectivity index (χ0) is 17.4. The Kier molecular flexibility index (Phi) is 5.08. The number of allylic oxidation sites excluding steroid dienone is 2. The number of carbonyl (C=O) groups is 2. The first-order valence-corrected chi connectivity index (χ1v) is 10.4. The van der Waals surface area contributed by atoms with Crippen LogP contribution in [0.4, 0.5) is 0 Å². The molecule has 3 aliphatic rings. The maximum atomic E-state index is 12.6. The zero-order valence-corrected chi connectivity index (χ0v) is 16.5. The quantitative estimate of drug-likeness (QED) is 0.551. The van der Waals surface area contributed by atoms with E-state index in [9.17, 15) is 9.59 Å². The fourth-order valence-corrected chi connectivity index (χ4v) is 5.48. The molecule has 2 unspecified atom stereocenters. The first kappa shape index (κ1) is 17.4. The number of nitrogens with zero attached hydrogens (tertiary/aromatic N) is 3. The van der Waals surface area contributed by atoms with E-state index in [1.165, 1.54) is 13.6 Å². The second-order valence-corrected chi connectivity index (χ2v) is 9.55. The summed E-state index contributed by atoms with van der Waals surface area (Å²) in [5.74, 6) is -0.164. The summed E-state index contributed by atoms with van der Waals surface area (Å²) in [6.07, 6.45) is 5.51. The van der Waals surface area contributed by atoms with Crippen molar-refractivity contribution in [2.24, 2.45) is 11.8 Å². The number of likely N-dealkylation sites (tertiary alicyclic amines) is 1. The smallest absolute Gasteiger partial charge is 0.234 e. The van der Waals surface area contributed by atoms with E-state index in [0.717, 1.165) is 45.6 Å². The number of fused-ring (bicyclic) bond motifs is 1. The normalized spacial score (nSPS) is 28.0. The topological polar surface area (TPSA) is 43.9 Å². The van der Waals surface area contributed by atoms with Crippen LogP contribution < -0.4 is 0 Å². The standard InChI is InChI=1S/C18H22BrN3O2S/c19-16-6-5-13(25-16)11-20-7-9-21(10-8-20)12-22-17(23)14-3-1-2-4-15(14)18(22)24/h1-2,5-6,14-15H,3-4,7-12H2. The molecule has 5 nitrogen and oxygen atoms in total. The summed E-state index contributed by atoms with van der Waals surface area (Å²) in [5, 5.41) is 0. The number of rotatable bonds is 4. The average molecular weight is 424 g/mol. The van der Waals surface area contributed by atoms with Crippen LogP contribution in [0.15, 0.2) is 28.1 Å². The predicted molar refractivity (Wildman–Crippen MR) is 101 cm³/mol. The van der Waals surface area contributed by atoms with Crippen molar-refractivity contribution in [3.05, 3.63) is 32.9 Å². The van der Waals surface area contributed by atoms with Crippen LogP contribution in [0, 0.1) is 11.8 Å². The monoisotopic (exact) mass is 423 g/mol. The number of amides is 2. The van der Waals surface area contributed by atoms with E-state index in [4.69, 9.17) is 0 Å². The largest absolute Gasteiger partial charge is 0.296 e. The molecular weight excluding hydrogens is 402 g/mol. The second kappa shape index (κ2) is 7.31. The van der Waals surface area contributed by atoms with Crippen molar-refractivity contribution in [1.82, 2.24) is 14.7 Å². The Morgan fingerprint density at radius 3 is 2.12 bits per heavy atom. The third-order valence-electron chi connectivity index (χ3n) is 5.41. The minimum absolute atomic E-state index is 0.0326. The molecule has 2 saturated heterocycles. The number of imide groups is 1. The lowest BCUT2D eigenvalue weighted by molar-refractivity contribution is -0.142. The lowest BCUT2D eigenvalue weighted by Crippen LogP contribution is -2.50. The summed E-state index contributed by atoms with van der Waals surface area (Å²) >= 11 is 5.29. The molecule has 1 aromatic heterocycles. The fraction of sp³-hybridized carbons (Fsp3) is 0.556. The summed E-state index contributed by atoms with van der Waals surface area (Å²) in [6, 6.07) is 4.26. The van der Waals surface area contributed by atoms with E-state index in [2.05, 4.69) is 37.9 Å². The Bertz CT molecular complexity index is 670. The molecule has 25 heavy (non-hydrogen) atoms. The van der Waals surface area contributed by atoms with Crippen LogP contribution in [0.1, 0.15) is 17.7 Å². The fourth-order valence-electron chi connectivity index (χ4n) is 3.95. The van der Waals surface area contributed by atoms with Crippen LogP contribution in [-0.4, -0.2) is 59.4 Å². The molecule has 0 saturated carbocycles. The van der Waals surface area contributed by atoms with Gasteiger partial charge in [-0.3, -0.25) is 24.3 Å². The zero-order valence-electron chi connectivity index (χ0n) is 14.1. The van der Waals surface area contributed by atoms with Crippen molar-refractivity contribution >= 4 is 39.1 Å². The number of hydrogen-bond acceptors (Lipinski definition) is 5. The maximum Gasteiger partial charge on any atom is 0.234 e. The third kappa shape index (κ3) is 3.60. The van der Waals surface area contributed by atoms with Gasteiger partial charge in [-0.2, -0.15) is 0 Å². The SMILES string of the molecule is O=C1C2CC=CCC2C(=O)N1CN1CCN(Cc2ccc(Br)s2)CC1.